The van der Waals surface area contributed by atoms with Gasteiger partial charge in [-0.05, 0) is 36.5 Å². The Morgan fingerprint density at radius 3 is 1.87 bits per heavy atom. The molecule has 0 aliphatic rings. The van der Waals surface area contributed by atoms with Crippen LogP contribution in [0.1, 0.15) is 25.8 Å². The molecule has 0 spiro atoms. The maximum absolute atomic E-state index is 10.4. The van der Waals surface area contributed by atoms with Gasteiger partial charge in [-0.25, -0.2) is 0 Å². The Morgan fingerprint density at radius 2 is 1.52 bits per heavy atom. The standard InChI is InChI=1S/C9H11NO4.C6H13NO2/c10-6(9(13)14)3-5-1-2-7(11)8(12)4-5;1-4(2)3-5(7)6(8)9/h1-2,4,6,11-12H,3,10H2,(H,13,14);4-5H,3,7H2,1-2H3,(H,8,9)/t6-;5-/m00/s1. The SMILES string of the molecule is CC(C)C[C@H](N)C(=O)O.N[C@@H](Cc1ccc(O)c(O)c1)C(=O)O. The van der Waals surface area contributed by atoms with Gasteiger partial charge in [-0.2, -0.15) is 0 Å². The highest BCUT2D eigenvalue weighted by atomic mass is 16.4. The van der Waals surface area contributed by atoms with Gasteiger partial charge in [-0.15, -0.1) is 0 Å². The van der Waals surface area contributed by atoms with Crippen LogP contribution < -0.4 is 11.5 Å². The Morgan fingerprint density at radius 1 is 1.00 bits per heavy atom. The molecule has 23 heavy (non-hydrogen) atoms. The third-order valence-corrected chi connectivity index (χ3v) is 2.86. The van der Waals surface area contributed by atoms with E-state index < -0.39 is 24.0 Å². The number of phenols is 2. The average molecular weight is 328 g/mol. The van der Waals surface area contributed by atoms with Crippen LogP contribution in [-0.4, -0.2) is 44.4 Å². The number of hydrogen-bond acceptors (Lipinski definition) is 6. The van der Waals surface area contributed by atoms with E-state index in [2.05, 4.69) is 0 Å². The molecule has 130 valence electrons. The third-order valence-electron chi connectivity index (χ3n) is 2.86. The van der Waals surface area contributed by atoms with Gasteiger partial charge < -0.3 is 31.9 Å². The molecule has 1 rings (SSSR count). The summed E-state index contributed by atoms with van der Waals surface area (Å²) in [4.78, 5) is 20.5. The molecule has 0 saturated carbocycles. The number of benzene rings is 1. The summed E-state index contributed by atoms with van der Waals surface area (Å²) in [5, 5.41) is 34.9. The number of aromatic hydroxyl groups is 2. The van der Waals surface area contributed by atoms with Crippen LogP contribution in [0.5, 0.6) is 11.5 Å². The first kappa shape index (κ1) is 20.7. The number of carboxylic acids is 2. The molecule has 0 amide bonds. The van der Waals surface area contributed by atoms with E-state index in [-0.39, 0.29) is 17.9 Å². The second-order valence-corrected chi connectivity index (χ2v) is 5.55. The molecule has 8 N–H and O–H groups in total. The Hall–Kier alpha value is -2.32. The van der Waals surface area contributed by atoms with Gasteiger partial charge in [0.1, 0.15) is 12.1 Å². The van der Waals surface area contributed by atoms with Gasteiger partial charge in [0, 0.05) is 0 Å². The number of phenolic OH excluding ortho intramolecular Hbond substituents is 2. The minimum absolute atomic E-state index is 0.114. The number of rotatable bonds is 6. The van der Waals surface area contributed by atoms with E-state index >= 15 is 0 Å². The molecule has 0 fully saturated rings. The summed E-state index contributed by atoms with van der Waals surface area (Å²) < 4.78 is 0. The minimum atomic E-state index is -1.10. The van der Waals surface area contributed by atoms with E-state index in [0.717, 1.165) is 0 Å². The number of aliphatic carboxylic acids is 2. The molecule has 8 heteroatoms. The number of nitrogens with two attached hydrogens (primary N) is 2. The summed E-state index contributed by atoms with van der Waals surface area (Å²) in [6.07, 6.45) is 0.665. The number of carboxylic acid groups (broad SMARTS) is 2. The predicted molar refractivity (Wildman–Crippen MR) is 84.2 cm³/mol. The zero-order valence-electron chi connectivity index (χ0n) is 13.1. The lowest BCUT2D eigenvalue weighted by atomic mass is 10.1. The maximum Gasteiger partial charge on any atom is 0.320 e. The predicted octanol–water partition coefficient (Wildman–Crippen LogP) is 0.497. The molecule has 0 saturated heterocycles. The van der Waals surface area contributed by atoms with Crippen LogP contribution in [0.15, 0.2) is 18.2 Å². The van der Waals surface area contributed by atoms with Crippen molar-refractivity contribution in [3.8, 4) is 11.5 Å². The molecule has 0 radical (unpaired) electrons. The lowest BCUT2D eigenvalue weighted by Crippen LogP contribution is -2.32. The van der Waals surface area contributed by atoms with Crippen molar-refractivity contribution >= 4 is 11.9 Å². The van der Waals surface area contributed by atoms with Crippen LogP contribution in [0.4, 0.5) is 0 Å². The second kappa shape index (κ2) is 9.65. The van der Waals surface area contributed by atoms with Gasteiger partial charge in [-0.3, -0.25) is 9.59 Å². The number of carbonyl (C=O) groups is 2. The molecule has 0 unspecified atom stereocenters. The topological polar surface area (TPSA) is 167 Å². The van der Waals surface area contributed by atoms with E-state index in [9.17, 15) is 9.59 Å². The Balaban J connectivity index is 0.000000468. The van der Waals surface area contributed by atoms with E-state index in [0.29, 0.717) is 17.9 Å². The molecular weight excluding hydrogens is 304 g/mol. The Labute approximate surface area is 134 Å². The van der Waals surface area contributed by atoms with Gasteiger partial charge in [0.05, 0.1) is 0 Å². The van der Waals surface area contributed by atoms with Gasteiger partial charge in [0.15, 0.2) is 11.5 Å². The maximum atomic E-state index is 10.4. The van der Waals surface area contributed by atoms with Gasteiger partial charge in [0.2, 0.25) is 0 Å². The summed E-state index contributed by atoms with van der Waals surface area (Å²) in [6.45, 7) is 3.89. The Kier molecular flexibility index (Phi) is 8.67. The van der Waals surface area contributed by atoms with Crippen molar-refractivity contribution in [2.45, 2.75) is 38.8 Å². The fourth-order valence-corrected chi connectivity index (χ4v) is 1.65. The van der Waals surface area contributed by atoms with Crippen LogP contribution >= 0.6 is 0 Å². The fraction of sp³-hybridized carbons (Fsp3) is 0.467. The van der Waals surface area contributed by atoms with Crippen LogP contribution in [0.25, 0.3) is 0 Å². The molecule has 2 atom stereocenters. The first-order valence-electron chi connectivity index (χ1n) is 7.02. The van der Waals surface area contributed by atoms with Crippen molar-refractivity contribution in [1.29, 1.82) is 0 Å². The molecule has 0 heterocycles. The molecule has 1 aromatic rings. The van der Waals surface area contributed by atoms with Crippen LogP contribution in [0.3, 0.4) is 0 Å². The van der Waals surface area contributed by atoms with Crippen molar-refractivity contribution in [2.75, 3.05) is 0 Å². The molecule has 0 aliphatic carbocycles. The van der Waals surface area contributed by atoms with E-state index in [1.54, 1.807) is 0 Å². The quantitative estimate of drug-likeness (QED) is 0.410. The van der Waals surface area contributed by atoms with Crippen molar-refractivity contribution in [3.63, 3.8) is 0 Å². The van der Waals surface area contributed by atoms with Gasteiger partial charge >= 0.3 is 11.9 Å². The fourth-order valence-electron chi connectivity index (χ4n) is 1.65. The van der Waals surface area contributed by atoms with Gasteiger partial charge in [0.25, 0.3) is 0 Å². The highest BCUT2D eigenvalue weighted by Gasteiger charge is 2.13. The molecule has 8 nitrogen and oxygen atoms in total. The van der Waals surface area contributed by atoms with Crippen LogP contribution in [0, 0.1) is 5.92 Å². The highest BCUT2D eigenvalue weighted by Crippen LogP contribution is 2.25. The molecule has 0 bridgehead atoms. The third kappa shape index (κ3) is 8.64. The van der Waals surface area contributed by atoms with Crippen LogP contribution in [-0.2, 0) is 16.0 Å². The van der Waals surface area contributed by atoms with E-state index in [4.69, 9.17) is 31.9 Å². The molecule has 1 aromatic carbocycles. The van der Waals surface area contributed by atoms with Crippen molar-refractivity contribution in [2.24, 2.45) is 17.4 Å². The number of hydrogen-bond donors (Lipinski definition) is 6. The molecular formula is C15H24N2O6. The van der Waals surface area contributed by atoms with Crippen LogP contribution in [0.2, 0.25) is 0 Å². The normalized spacial score (nSPS) is 12.9. The minimum Gasteiger partial charge on any atom is -0.504 e. The average Bonchev–Trinajstić information content (AvgIpc) is 2.42. The lowest BCUT2D eigenvalue weighted by Gasteiger charge is -2.07. The first-order valence-corrected chi connectivity index (χ1v) is 7.02. The lowest BCUT2D eigenvalue weighted by molar-refractivity contribution is -0.139. The smallest absolute Gasteiger partial charge is 0.320 e. The summed E-state index contributed by atoms with van der Waals surface area (Å²) >= 11 is 0. The van der Waals surface area contributed by atoms with Crippen molar-refractivity contribution in [3.05, 3.63) is 23.8 Å². The molecule has 0 aromatic heterocycles. The monoisotopic (exact) mass is 328 g/mol. The highest BCUT2D eigenvalue weighted by molar-refractivity contribution is 5.73. The van der Waals surface area contributed by atoms with Crippen molar-refractivity contribution < 1.29 is 30.0 Å². The van der Waals surface area contributed by atoms with E-state index in [1.807, 2.05) is 13.8 Å². The Bertz CT molecular complexity index is 533. The largest absolute Gasteiger partial charge is 0.504 e. The summed E-state index contributed by atoms with van der Waals surface area (Å²) in [6, 6.07) is 2.40. The first-order chi connectivity index (χ1) is 10.5. The van der Waals surface area contributed by atoms with E-state index in [1.165, 1.54) is 18.2 Å². The second-order valence-electron chi connectivity index (χ2n) is 5.55. The van der Waals surface area contributed by atoms with Crippen molar-refractivity contribution in [1.82, 2.24) is 0 Å². The summed E-state index contributed by atoms with van der Waals surface area (Å²) in [5.41, 5.74) is 11.1. The summed E-state index contributed by atoms with van der Waals surface area (Å²) in [5.74, 6) is -2.17. The van der Waals surface area contributed by atoms with Gasteiger partial charge in [-0.1, -0.05) is 19.9 Å². The zero-order valence-corrected chi connectivity index (χ0v) is 13.1. The summed E-state index contributed by atoms with van der Waals surface area (Å²) in [7, 11) is 0. The molecule has 0 aliphatic heterocycles. The zero-order chi connectivity index (χ0) is 18.2.